The fourth-order valence-corrected chi connectivity index (χ4v) is 2.95. The number of anilines is 1. The number of amides is 1. The summed E-state index contributed by atoms with van der Waals surface area (Å²) in [5.74, 6) is 0.595. The third kappa shape index (κ3) is 3.06. The van der Waals surface area contributed by atoms with E-state index < -0.39 is 4.33 Å². The average molecular weight is 336 g/mol. The van der Waals surface area contributed by atoms with E-state index in [1.54, 1.807) is 31.4 Å². The van der Waals surface area contributed by atoms with Gasteiger partial charge < -0.3 is 10.1 Å². The quantitative estimate of drug-likeness (QED) is 0.828. The summed E-state index contributed by atoms with van der Waals surface area (Å²) in [7, 11) is 1.59. The van der Waals surface area contributed by atoms with Gasteiger partial charge in [-0.25, -0.2) is 0 Å². The van der Waals surface area contributed by atoms with Crippen LogP contribution in [-0.4, -0.2) is 17.4 Å². The maximum absolute atomic E-state index is 12.4. The molecule has 0 unspecified atom stereocenters. The molecule has 1 saturated carbocycles. The number of ether oxygens (including phenoxy) is 1. The molecule has 0 aromatic heterocycles. The largest absolute Gasteiger partial charge is 0.497 e. The van der Waals surface area contributed by atoms with Crippen LogP contribution in [0.15, 0.2) is 48.5 Å². The Morgan fingerprint density at radius 3 is 2.41 bits per heavy atom. The minimum atomic E-state index is -0.721. The molecule has 1 atom stereocenters. The van der Waals surface area contributed by atoms with Crippen LogP contribution < -0.4 is 10.1 Å². The standard InChI is InChI=1S/C17H15Cl2NO2/c1-22-12-8-6-11(7-9-12)16(21)20-15-5-3-2-4-13(15)14-10-17(14,18)19/h2-9,14H,10H2,1H3,(H,20,21)/t14-/m1/s1. The number of nitrogens with one attached hydrogen (secondary N) is 1. The number of carbonyl (C=O) groups is 1. The first kappa shape index (κ1) is 15.2. The Balaban J connectivity index is 1.79. The van der Waals surface area contributed by atoms with Crippen LogP contribution >= 0.6 is 23.2 Å². The van der Waals surface area contributed by atoms with Gasteiger partial charge in [0.25, 0.3) is 5.91 Å². The number of hydrogen-bond acceptors (Lipinski definition) is 2. The summed E-state index contributed by atoms with van der Waals surface area (Å²) >= 11 is 12.3. The van der Waals surface area contributed by atoms with Crippen molar-refractivity contribution in [2.75, 3.05) is 12.4 Å². The minimum Gasteiger partial charge on any atom is -0.497 e. The molecule has 3 nitrogen and oxygen atoms in total. The van der Waals surface area contributed by atoms with Crippen molar-refractivity contribution < 1.29 is 9.53 Å². The number of rotatable bonds is 4. The van der Waals surface area contributed by atoms with E-state index >= 15 is 0 Å². The van der Waals surface area contributed by atoms with E-state index in [-0.39, 0.29) is 11.8 Å². The van der Waals surface area contributed by atoms with Crippen LogP contribution in [-0.2, 0) is 0 Å². The molecule has 0 spiro atoms. The van der Waals surface area contributed by atoms with Gasteiger partial charge in [-0.05, 0) is 42.3 Å². The Kier molecular flexibility index (Phi) is 4.02. The van der Waals surface area contributed by atoms with E-state index in [1.165, 1.54) is 0 Å². The average Bonchev–Trinajstić information content (AvgIpc) is 3.16. The third-order valence-electron chi connectivity index (χ3n) is 3.76. The summed E-state index contributed by atoms with van der Waals surface area (Å²) < 4.78 is 4.37. The van der Waals surface area contributed by atoms with Crippen LogP contribution in [0, 0.1) is 0 Å². The Hall–Kier alpha value is -1.71. The zero-order valence-electron chi connectivity index (χ0n) is 12.0. The van der Waals surface area contributed by atoms with Crippen molar-refractivity contribution in [3.05, 3.63) is 59.7 Å². The number of halogens is 2. The van der Waals surface area contributed by atoms with Gasteiger partial charge in [-0.3, -0.25) is 4.79 Å². The Morgan fingerprint density at radius 2 is 1.82 bits per heavy atom. The highest BCUT2D eigenvalue weighted by atomic mass is 35.5. The molecule has 1 aliphatic rings. The molecular formula is C17H15Cl2NO2. The van der Waals surface area contributed by atoms with Gasteiger partial charge in [-0.15, -0.1) is 23.2 Å². The maximum atomic E-state index is 12.4. The molecule has 5 heteroatoms. The van der Waals surface area contributed by atoms with Crippen molar-refractivity contribution >= 4 is 34.8 Å². The molecule has 22 heavy (non-hydrogen) atoms. The van der Waals surface area contributed by atoms with Crippen molar-refractivity contribution in [1.29, 1.82) is 0 Å². The minimum absolute atomic E-state index is 0.0585. The summed E-state index contributed by atoms with van der Waals surface area (Å²) in [6.07, 6.45) is 0.700. The lowest BCUT2D eigenvalue weighted by Crippen LogP contribution is -2.13. The predicted octanol–water partition coefficient (Wildman–Crippen LogP) is 4.61. The molecule has 2 aromatic rings. The zero-order valence-corrected chi connectivity index (χ0v) is 13.5. The van der Waals surface area contributed by atoms with Crippen molar-refractivity contribution in [2.45, 2.75) is 16.7 Å². The Morgan fingerprint density at radius 1 is 1.18 bits per heavy atom. The molecule has 0 bridgehead atoms. The van der Waals surface area contributed by atoms with E-state index in [0.29, 0.717) is 17.7 Å². The lowest BCUT2D eigenvalue weighted by molar-refractivity contribution is 0.102. The number of methoxy groups -OCH3 is 1. The van der Waals surface area contributed by atoms with Gasteiger partial charge >= 0.3 is 0 Å². The van der Waals surface area contributed by atoms with Gasteiger partial charge in [-0.2, -0.15) is 0 Å². The van der Waals surface area contributed by atoms with E-state index in [2.05, 4.69) is 5.32 Å². The molecule has 3 rings (SSSR count). The number of benzene rings is 2. The van der Waals surface area contributed by atoms with Crippen molar-refractivity contribution in [1.82, 2.24) is 0 Å². The molecule has 1 N–H and O–H groups in total. The third-order valence-corrected chi connectivity index (χ3v) is 4.60. The van der Waals surface area contributed by atoms with Gasteiger partial charge in [-0.1, -0.05) is 18.2 Å². The summed E-state index contributed by atoms with van der Waals surface area (Å²) in [5, 5.41) is 2.93. The molecule has 0 aliphatic heterocycles. The lowest BCUT2D eigenvalue weighted by atomic mass is 10.1. The smallest absolute Gasteiger partial charge is 0.255 e. The molecule has 2 aromatic carbocycles. The SMILES string of the molecule is COc1ccc(C(=O)Nc2ccccc2[C@H]2CC2(Cl)Cl)cc1. The van der Waals surface area contributed by atoms with Crippen molar-refractivity contribution in [3.8, 4) is 5.75 Å². The molecule has 1 fully saturated rings. The monoisotopic (exact) mass is 335 g/mol. The van der Waals surface area contributed by atoms with Crippen molar-refractivity contribution in [2.24, 2.45) is 0 Å². The maximum Gasteiger partial charge on any atom is 0.255 e. The molecule has 0 heterocycles. The highest BCUT2D eigenvalue weighted by molar-refractivity contribution is 6.51. The summed E-state index contributed by atoms with van der Waals surface area (Å²) in [5.41, 5.74) is 2.28. The van der Waals surface area contributed by atoms with E-state index in [9.17, 15) is 4.79 Å². The summed E-state index contributed by atoms with van der Waals surface area (Å²) in [4.78, 5) is 12.4. The second-order valence-corrected chi connectivity index (χ2v) is 6.83. The molecule has 0 radical (unpaired) electrons. The molecule has 1 amide bonds. The molecule has 0 saturated heterocycles. The van der Waals surface area contributed by atoms with Crippen LogP contribution in [0.4, 0.5) is 5.69 Å². The topological polar surface area (TPSA) is 38.3 Å². The van der Waals surface area contributed by atoms with Crippen molar-refractivity contribution in [3.63, 3.8) is 0 Å². The highest BCUT2D eigenvalue weighted by Gasteiger charge is 2.53. The van der Waals surface area contributed by atoms with E-state index in [4.69, 9.17) is 27.9 Å². The number of para-hydroxylation sites is 1. The molecule has 1 aliphatic carbocycles. The molecule has 114 valence electrons. The van der Waals surface area contributed by atoms with Crippen LogP contribution in [0.25, 0.3) is 0 Å². The van der Waals surface area contributed by atoms with Gasteiger partial charge in [0.2, 0.25) is 0 Å². The first-order valence-electron chi connectivity index (χ1n) is 6.93. The normalized spacial score (nSPS) is 18.6. The summed E-state index contributed by atoms with van der Waals surface area (Å²) in [6.45, 7) is 0. The van der Waals surface area contributed by atoms with E-state index in [1.807, 2.05) is 24.3 Å². The van der Waals surface area contributed by atoms with Gasteiger partial charge in [0, 0.05) is 17.2 Å². The van der Waals surface area contributed by atoms with Crippen LogP contribution in [0.1, 0.15) is 28.3 Å². The second kappa shape index (κ2) is 5.82. The highest BCUT2D eigenvalue weighted by Crippen LogP contribution is 2.60. The van der Waals surface area contributed by atoms with Crippen LogP contribution in [0.3, 0.4) is 0 Å². The first-order chi connectivity index (χ1) is 10.5. The number of carbonyl (C=O) groups excluding carboxylic acids is 1. The zero-order chi connectivity index (χ0) is 15.7. The van der Waals surface area contributed by atoms with Crippen LogP contribution in [0.2, 0.25) is 0 Å². The predicted molar refractivity (Wildman–Crippen MR) is 89.2 cm³/mol. The Bertz CT molecular complexity index is 698. The first-order valence-corrected chi connectivity index (χ1v) is 7.69. The van der Waals surface area contributed by atoms with E-state index in [0.717, 1.165) is 11.3 Å². The van der Waals surface area contributed by atoms with Crippen LogP contribution in [0.5, 0.6) is 5.75 Å². The fraction of sp³-hybridized carbons (Fsp3) is 0.235. The van der Waals surface area contributed by atoms with Gasteiger partial charge in [0.1, 0.15) is 10.1 Å². The Labute approximate surface area is 139 Å². The second-order valence-electron chi connectivity index (χ2n) is 5.29. The number of hydrogen-bond donors (Lipinski definition) is 1. The molecular weight excluding hydrogens is 321 g/mol. The lowest BCUT2D eigenvalue weighted by Gasteiger charge is -2.11. The van der Waals surface area contributed by atoms with Gasteiger partial charge in [0.15, 0.2) is 0 Å². The fourth-order valence-electron chi connectivity index (χ4n) is 2.40. The summed E-state index contributed by atoms with van der Waals surface area (Å²) in [6, 6.07) is 14.6. The number of alkyl halides is 2. The van der Waals surface area contributed by atoms with Gasteiger partial charge in [0.05, 0.1) is 7.11 Å².